The standard InChI is InChI=1S/C22H22N2O/c25-15-23-16-9-11-24(12-10-16)14-22-13-19(17-5-1-3-7-20(17)22)18-6-2-4-8-21(18)22/h1-8,16,19H,9-14H2. The van der Waals surface area contributed by atoms with Gasteiger partial charge < -0.3 is 4.90 Å². The fraction of sp³-hybridized carbons (Fsp3) is 0.409. The third-order valence-corrected chi connectivity index (χ3v) is 6.54. The van der Waals surface area contributed by atoms with E-state index in [9.17, 15) is 4.79 Å². The van der Waals surface area contributed by atoms with Crippen LogP contribution >= 0.6 is 0 Å². The van der Waals surface area contributed by atoms with Crippen LogP contribution in [-0.4, -0.2) is 36.7 Å². The number of aliphatic imine (C=N–C) groups is 1. The van der Waals surface area contributed by atoms with Gasteiger partial charge in [-0.3, -0.25) is 0 Å². The average Bonchev–Trinajstić information content (AvgIpc) is 3.16. The van der Waals surface area contributed by atoms with Crippen LogP contribution in [0, 0.1) is 0 Å². The minimum absolute atomic E-state index is 0.138. The summed E-state index contributed by atoms with van der Waals surface area (Å²) in [5.74, 6) is 0.560. The van der Waals surface area contributed by atoms with Crippen molar-refractivity contribution in [1.82, 2.24) is 4.90 Å². The highest BCUT2D eigenvalue weighted by Crippen LogP contribution is 2.60. The molecule has 0 N–H and O–H groups in total. The molecule has 2 aromatic rings. The van der Waals surface area contributed by atoms with Crippen molar-refractivity contribution in [3.8, 4) is 0 Å². The zero-order chi connectivity index (χ0) is 16.9. The minimum atomic E-state index is 0.138. The van der Waals surface area contributed by atoms with Crippen molar-refractivity contribution in [3.05, 3.63) is 70.8 Å². The number of benzene rings is 2. The summed E-state index contributed by atoms with van der Waals surface area (Å²) in [6, 6.07) is 18.2. The fourth-order valence-corrected chi connectivity index (χ4v) is 5.47. The van der Waals surface area contributed by atoms with Crippen LogP contribution in [0.2, 0.25) is 0 Å². The first-order valence-electron chi connectivity index (χ1n) is 9.30. The van der Waals surface area contributed by atoms with Crippen LogP contribution in [0.1, 0.15) is 47.4 Å². The molecule has 0 aromatic heterocycles. The molecule has 1 aliphatic heterocycles. The van der Waals surface area contributed by atoms with Crippen LogP contribution in [0.3, 0.4) is 0 Å². The maximum atomic E-state index is 10.5. The van der Waals surface area contributed by atoms with Gasteiger partial charge in [-0.1, -0.05) is 48.5 Å². The summed E-state index contributed by atoms with van der Waals surface area (Å²) in [7, 11) is 0. The topological polar surface area (TPSA) is 32.7 Å². The van der Waals surface area contributed by atoms with E-state index < -0.39 is 0 Å². The third-order valence-electron chi connectivity index (χ3n) is 6.54. The van der Waals surface area contributed by atoms with Crippen LogP contribution in [0.5, 0.6) is 0 Å². The van der Waals surface area contributed by atoms with Gasteiger partial charge in [0.05, 0.1) is 6.04 Å². The minimum Gasteiger partial charge on any atom is -0.302 e. The van der Waals surface area contributed by atoms with Gasteiger partial charge >= 0.3 is 0 Å². The molecule has 0 unspecified atom stereocenters. The first-order valence-corrected chi connectivity index (χ1v) is 9.30. The first-order chi connectivity index (χ1) is 12.3. The van der Waals surface area contributed by atoms with Crippen molar-refractivity contribution in [3.63, 3.8) is 0 Å². The molecule has 0 spiro atoms. The van der Waals surface area contributed by atoms with E-state index in [0.29, 0.717) is 5.92 Å². The lowest BCUT2D eigenvalue weighted by Gasteiger charge is -2.39. The van der Waals surface area contributed by atoms with Crippen LogP contribution in [0.4, 0.5) is 0 Å². The van der Waals surface area contributed by atoms with Crippen molar-refractivity contribution in [1.29, 1.82) is 0 Å². The van der Waals surface area contributed by atoms with E-state index in [-0.39, 0.29) is 11.5 Å². The molecule has 1 fully saturated rings. The molecule has 2 aromatic carbocycles. The van der Waals surface area contributed by atoms with Gasteiger partial charge in [-0.25, -0.2) is 9.79 Å². The Morgan fingerprint density at radius 1 is 1.00 bits per heavy atom. The summed E-state index contributed by atoms with van der Waals surface area (Å²) in [6.45, 7) is 3.12. The molecule has 5 rings (SSSR count). The lowest BCUT2D eigenvalue weighted by atomic mass is 9.74. The quantitative estimate of drug-likeness (QED) is 0.636. The van der Waals surface area contributed by atoms with Crippen LogP contribution in [0.25, 0.3) is 0 Å². The van der Waals surface area contributed by atoms with Crippen LogP contribution in [-0.2, 0) is 10.2 Å². The van der Waals surface area contributed by atoms with E-state index in [2.05, 4.69) is 58.4 Å². The summed E-state index contributed by atoms with van der Waals surface area (Å²) in [4.78, 5) is 17.0. The second-order valence-corrected chi connectivity index (χ2v) is 7.74. The molecule has 0 atom stereocenters. The third kappa shape index (κ3) is 2.16. The van der Waals surface area contributed by atoms with Crippen molar-refractivity contribution in [2.45, 2.75) is 36.6 Å². The molecule has 0 radical (unpaired) electrons. The smallest absolute Gasteiger partial charge is 0.235 e. The van der Waals surface area contributed by atoms with Crippen LogP contribution in [0.15, 0.2) is 53.5 Å². The Bertz CT molecular complexity index is 812. The van der Waals surface area contributed by atoms with Gasteiger partial charge in [0.25, 0.3) is 0 Å². The molecule has 3 nitrogen and oxygen atoms in total. The number of hydrogen-bond donors (Lipinski definition) is 0. The number of rotatable bonds is 3. The van der Waals surface area contributed by atoms with Gasteiger partial charge in [0.2, 0.25) is 6.08 Å². The highest BCUT2D eigenvalue weighted by atomic mass is 16.1. The number of piperidine rings is 1. The molecule has 2 aliphatic carbocycles. The van der Waals surface area contributed by atoms with Crippen molar-refractivity contribution in [2.75, 3.05) is 19.6 Å². The molecule has 1 heterocycles. The van der Waals surface area contributed by atoms with E-state index in [1.165, 1.54) is 28.7 Å². The Morgan fingerprint density at radius 3 is 2.20 bits per heavy atom. The van der Waals surface area contributed by atoms with E-state index in [1.807, 2.05) is 0 Å². The Labute approximate surface area is 148 Å². The second kappa shape index (κ2) is 5.66. The summed E-state index contributed by atoms with van der Waals surface area (Å²) >= 11 is 0. The van der Waals surface area contributed by atoms with Gasteiger partial charge in [-0.05, 0) is 41.5 Å². The summed E-state index contributed by atoms with van der Waals surface area (Å²) in [5.41, 5.74) is 6.26. The molecule has 3 aliphatic rings. The Kier molecular flexibility index (Phi) is 3.41. The highest BCUT2D eigenvalue weighted by Gasteiger charge is 2.53. The Morgan fingerprint density at radius 2 is 1.60 bits per heavy atom. The molecular weight excluding hydrogens is 308 g/mol. The van der Waals surface area contributed by atoms with E-state index in [1.54, 1.807) is 6.08 Å². The van der Waals surface area contributed by atoms with Crippen LogP contribution < -0.4 is 0 Å². The SMILES string of the molecule is O=C=NC1CCN(CC23CC(c4ccccc42)c2ccccc23)CC1. The second-order valence-electron chi connectivity index (χ2n) is 7.74. The highest BCUT2D eigenvalue weighted by molar-refractivity contribution is 5.62. The number of hydrogen-bond acceptors (Lipinski definition) is 3. The van der Waals surface area contributed by atoms with Gasteiger partial charge in [-0.15, -0.1) is 0 Å². The van der Waals surface area contributed by atoms with Gasteiger partial charge in [0.1, 0.15) is 0 Å². The van der Waals surface area contributed by atoms with E-state index in [0.717, 1.165) is 32.5 Å². The molecule has 0 saturated carbocycles. The lowest BCUT2D eigenvalue weighted by molar-refractivity contribution is 0.182. The average molecular weight is 330 g/mol. The van der Waals surface area contributed by atoms with Gasteiger partial charge in [-0.2, -0.15) is 0 Å². The fourth-order valence-electron chi connectivity index (χ4n) is 5.47. The zero-order valence-electron chi connectivity index (χ0n) is 14.3. The summed E-state index contributed by atoms with van der Waals surface area (Å²) < 4.78 is 0. The van der Waals surface area contributed by atoms with Gasteiger partial charge in [0.15, 0.2) is 0 Å². The molecule has 2 bridgehead atoms. The van der Waals surface area contributed by atoms with E-state index >= 15 is 0 Å². The maximum Gasteiger partial charge on any atom is 0.235 e. The largest absolute Gasteiger partial charge is 0.302 e. The monoisotopic (exact) mass is 330 g/mol. The Hall–Kier alpha value is -2.22. The molecule has 25 heavy (non-hydrogen) atoms. The molecule has 0 amide bonds. The van der Waals surface area contributed by atoms with Crippen molar-refractivity contribution in [2.24, 2.45) is 4.99 Å². The predicted molar refractivity (Wildman–Crippen MR) is 97.7 cm³/mol. The summed E-state index contributed by atoms with van der Waals surface area (Å²) in [5, 5.41) is 0. The first kappa shape index (κ1) is 15.1. The summed E-state index contributed by atoms with van der Waals surface area (Å²) in [6.07, 6.45) is 4.88. The van der Waals surface area contributed by atoms with Gasteiger partial charge in [0, 0.05) is 31.0 Å². The number of nitrogens with zero attached hydrogens (tertiary/aromatic N) is 2. The predicted octanol–water partition coefficient (Wildman–Crippen LogP) is 3.62. The molecular formula is C22H22N2O. The zero-order valence-corrected chi connectivity index (χ0v) is 14.3. The Balaban J connectivity index is 1.50. The number of carbonyl (C=O) groups excluding carboxylic acids is 1. The van der Waals surface area contributed by atoms with Crippen molar-refractivity contribution >= 4 is 6.08 Å². The normalized spacial score (nSPS) is 27.6. The molecule has 126 valence electrons. The van der Waals surface area contributed by atoms with Crippen molar-refractivity contribution < 1.29 is 4.79 Å². The number of likely N-dealkylation sites (tertiary alicyclic amines) is 1. The molecule has 1 saturated heterocycles. The molecule has 3 heteroatoms. The maximum absolute atomic E-state index is 10.5. The lowest BCUT2D eigenvalue weighted by Crippen LogP contribution is -2.44. The number of isocyanates is 1. The number of fused-ring (bicyclic) bond motifs is 8. The van der Waals surface area contributed by atoms with E-state index in [4.69, 9.17) is 0 Å².